The van der Waals surface area contributed by atoms with Gasteiger partial charge >= 0.3 is 0 Å². The van der Waals surface area contributed by atoms with E-state index in [4.69, 9.17) is 20.4 Å². The van der Waals surface area contributed by atoms with Crippen molar-refractivity contribution in [3.05, 3.63) is 0 Å². The van der Waals surface area contributed by atoms with Gasteiger partial charge in [-0.2, -0.15) is 0 Å². The van der Waals surface area contributed by atoms with Crippen molar-refractivity contribution in [3.8, 4) is 0 Å². The molecule has 0 amide bonds. The number of hydrogen-bond donors (Lipinski definition) is 4. The third-order valence-corrected chi connectivity index (χ3v) is 2.41. The van der Waals surface area contributed by atoms with Crippen molar-refractivity contribution >= 4 is 5.78 Å². The fraction of sp³-hybridized carbons (Fsp3) is 0.909. The van der Waals surface area contributed by atoms with Crippen molar-refractivity contribution in [2.45, 2.75) is 50.7 Å². The van der Waals surface area contributed by atoms with Crippen LogP contribution in [0.2, 0.25) is 0 Å². The highest BCUT2D eigenvalue weighted by Gasteiger charge is 2.07. The number of carbonyl (C=O) groups is 1. The molecule has 0 aromatic rings. The van der Waals surface area contributed by atoms with Crippen molar-refractivity contribution in [1.29, 1.82) is 0 Å². The van der Waals surface area contributed by atoms with Crippen LogP contribution in [-0.4, -0.2) is 51.6 Å². The van der Waals surface area contributed by atoms with E-state index in [1.165, 1.54) is 0 Å². The lowest BCUT2D eigenvalue weighted by molar-refractivity contribution is -0.119. The van der Waals surface area contributed by atoms with Crippen LogP contribution in [0, 0.1) is 0 Å². The molecule has 0 radical (unpaired) electrons. The van der Waals surface area contributed by atoms with E-state index in [-0.39, 0.29) is 19.0 Å². The van der Waals surface area contributed by atoms with Crippen molar-refractivity contribution in [3.63, 3.8) is 0 Å². The van der Waals surface area contributed by atoms with Gasteiger partial charge in [0.2, 0.25) is 0 Å². The molecular formula is C11H22O5. The second kappa shape index (κ2) is 9.72. The van der Waals surface area contributed by atoms with E-state index in [0.717, 1.165) is 0 Å². The Balaban J connectivity index is 3.38. The molecule has 5 heteroatoms. The molecule has 0 aliphatic rings. The highest BCUT2D eigenvalue weighted by atomic mass is 16.3. The fourth-order valence-electron chi connectivity index (χ4n) is 1.38. The van der Waals surface area contributed by atoms with Gasteiger partial charge in [0.05, 0.1) is 25.4 Å². The third-order valence-electron chi connectivity index (χ3n) is 2.41. The third kappa shape index (κ3) is 8.79. The van der Waals surface area contributed by atoms with Crippen LogP contribution in [0.5, 0.6) is 0 Å². The predicted molar refractivity (Wildman–Crippen MR) is 58.9 cm³/mol. The number of hydrogen-bond acceptors (Lipinski definition) is 5. The van der Waals surface area contributed by atoms with Crippen LogP contribution in [0.4, 0.5) is 0 Å². The molecular weight excluding hydrogens is 212 g/mol. The molecule has 0 saturated carbocycles. The van der Waals surface area contributed by atoms with Crippen molar-refractivity contribution in [2.24, 2.45) is 0 Å². The lowest BCUT2D eigenvalue weighted by Gasteiger charge is -2.07. The zero-order valence-electron chi connectivity index (χ0n) is 9.51. The Morgan fingerprint density at radius 3 is 1.56 bits per heavy atom. The first-order valence-electron chi connectivity index (χ1n) is 5.69. The quantitative estimate of drug-likeness (QED) is 0.412. The van der Waals surface area contributed by atoms with Gasteiger partial charge in [0.1, 0.15) is 5.78 Å². The van der Waals surface area contributed by atoms with Gasteiger partial charge in [0.25, 0.3) is 0 Å². The van der Waals surface area contributed by atoms with Gasteiger partial charge in [-0.1, -0.05) is 0 Å². The number of aliphatic hydroxyl groups is 4. The van der Waals surface area contributed by atoms with Gasteiger partial charge in [-0.25, -0.2) is 0 Å². The maximum Gasteiger partial charge on any atom is 0.132 e. The van der Waals surface area contributed by atoms with Crippen molar-refractivity contribution < 1.29 is 25.2 Å². The van der Waals surface area contributed by atoms with Crippen molar-refractivity contribution in [1.82, 2.24) is 0 Å². The summed E-state index contributed by atoms with van der Waals surface area (Å²) in [4.78, 5) is 11.3. The van der Waals surface area contributed by atoms with Crippen LogP contribution >= 0.6 is 0 Å². The zero-order chi connectivity index (χ0) is 12.4. The Morgan fingerprint density at radius 2 is 1.25 bits per heavy atom. The molecule has 0 aliphatic carbocycles. The highest BCUT2D eigenvalue weighted by Crippen LogP contribution is 2.07. The lowest BCUT2D eigenvalue weighted by Crippen LogP contribution is -2.13. The normalized spacial score (nSPS) is 14.8. The minimum Gasteiger partial charge on any atom is -0.394 e. The molecule has 4 N–H and O–H groups in total. The molecule has 0 aromatic heterocycles. The van der Waals surface area contributed by atoms with E-state index < -0.39 is 12.2 Å². The van der Waals surface area contributed by atoms with E-state index in [0.29, 0.717) is 38.5 Å². The van der Waals surface area contributed by atoms with Crippen LogP contribution in [0.25, 0.3) is 0 Å². The molecule has 0 saturated heterocycles. The van der Waals surface area contributed by atoms with E-state index in [1.54, 1.807) is 0 Å². The second-order valence-corrected chi connectivity index (χ2v) is 4.00. The van der Waals surface area contributed by atoms with Crippen LogP contribution in [-0.2, 0) is 4.79 Å². The summed E-state index contributed by atoms with van der Waals surface area (Å²) in [5, 5.41) is 35.1. The van der Waals surface area contributed by atoms with Crippen molar-refractivity contribution in [2.75, 3.05) is 13.2 Å². The van der Waals surface area contributed by atoms with Gasteiger partial charge in [-0.3, -0.25) is 4.79 Å². The number of ketones is 1. The largest absolute Gasteiger partial charge is 0.394 e. The van der Waals surface area contributed by atoms with E-state index in [1.807, 2.05) is 0 Å². The standard InChI is InChI=1S/C11H22O5/c12-7-10(15)5-1-3-9(14)4-2-6-11(16)8-13/h10-13,15-16H,1-8H2/t10-,11-/m0/s1. The smallest absolute Gasteiger partial charge is 0.132 e. The molecule has 0 fully saturated rings. The summed E-state index contributed by atoms with van der Waals surface area (Å²) in [6.07, 6.45) is 1.33. The highest BCUT2D eigenvalue weighted by molar-refractivity contribution is 5.78. The van der Waals surface area contributed by atoms with Crippen LogP contribution in [0.1, 0.15) is 38.5 Å². The Kier molecular flexibility index (Phi) is 9.42. The van der Waals surface area contributed by atoms with Gasteiger partial charge in [0, 0.05) is 12.8 Å². The minimum atomic E-state index is -0.732. The van der Waals surface area contributed by atoms with Crippen LogP contribution < -0.4 is 0 Å². The zero-order valence-corrected chi connectivity index (χ0v) is 9.51. The molecule has 0 aromatic carbocycles. The first-order valence-corrected chi connectivity index (χ1v) is 5.69. The summed E-state index contributed by atoms with van der Waals surface area (Å²) in [6.45, 7) is -0.534. The molecule has 0 unspecified atom stereocenters. The summed E-state index contributed by atoms with van der Waals surface area (Å²) in [7, 11) is 0. The topological polar surface area (TPSA) is 98.0 Å². The summed E-state index contributed by atoms with van der Waals surface area (Å²) in [5.41, 5.74) is 0. The van der Waals surface area contributed by atoms with Gasteiger partial charge in [-0.05, 0) is 25.7 Å². The molecule has 5 nitrogen and oxygen atoms in total. The Labute approximate surface area is 95.7 Å². The SMILES string of the molecule is O=C(CCC[C@H](O)CO)CCC[C@H](O)CO. The maximum atomic E-state index is 11.3. The molecule has 0 aliphatic heterocycles. The summed E-state index contributed by atoms with van der Waals surface area (Å²) < 4.78 is 0. The maximum absolute atomic E-state index is 11.3. The summed E-state index contributed by atoms with van der Waals surface area (Å²) in [6, 6.07) is 0. The summed E-state index contributed by atoms with van der Waals surface area (Å²) >= 11 is 0. The molecule has 2 atom stereocenters. The number of rotatable bonds is 10. The van der Waals surface area contributed by atoms with E-state index in [2.05, 4.69) is 0 Å². The number of Topliss-reactive ketones (excluding diaryl/α,β-unsaturated/α-hetero) is 1. The second-order valence-electron chi connectivity index (χ2n) is 4.00. The number of carbonyl (C=O) groups excluding carboxylic acids is 1. The lowest BCUT2D eigenvalue weighted by atomic mass is 10.0. The Hall–Kier alpha value is -0.490. The Morgan fingerprint density at radius 1 is 0.875 bits per heavy atom. The number of aliphatic hydroxyl groups excluding tert-OH is 4. The molecule has 0 bridgehead atoms. The molecule has 0 heterocycles. The average Bonchev–Trinajstić information content (AvgIpc) is 2.28. The van der Waals surface area contributed by atoms with Gasteiger partial charge in [0.15, 0.2) is 0 Å². The van der Waals surface area contributed by atoms with E-state index in [9.17, 15) is 4.79 Å². The minimum absolute atomic E-state index is 0.0929. The van der Waals surface area contributed by atoms with Gasteiger partial charge in [-0.15, -0.1) is 0 Å². The van der Waals surface area contributed by atoms with Gasteiger partial charge < -0.3 is 20.4 Å². The first kappa shape index (κ1) is 15.5. The predicted octanol–water partition coefficient (Wildman–Crippen LogP) is -0.397. The van der Waals surface area contributed by atoms with Crippen LogP contribution in [0.3, 0.4) is 0 Å². The van der Waals surface area contributed by atoms with E-state index >= 15 is 0 Å². The van der Waals surface area contributed by atoms with Crippen LogP contribution in [0.15, 0.2) is 0 Å². The molecule has 96 valence electrons. The molecule has 16 heavy (non-hydrogen) atoms. The monoisotopic (exact) mass is 234 g/mol. The average molecular weight is 234 g/mol. The molecule has 0 spiro atoms. The first-order chi connectivity index (χ1) is 7.60. The summed E-state index contributed by atoms with van der Waals surface area (Å²) in [5.74, 6) is 0.0929. The molecule has 0 rings (SSSR count). The fourth-order valence-corrected chi connectivity index (χ4v) is 1.38. The Bertz CT molecular complexity index is 165.